The number of nitrogens with zero attached hydrogens (tertiary/aromatic N) is 3. The Hall–Kier alpha value is -1.89. The molecule has 7 heteroatoms. The van der Waals surface area contributed by atoms with Crippen LogP contribution in [0.5, 0.6) is 0 Å². The molecule has 1 N–H and O–H groups in total. The molecule has 1 aliphatic carbocycles. The number of ether oxygens (including phenoxy) is 1. The fraction of sp³-hybridized carbons (Fsp3) is 0.688. The first-order valence-corrected chi connectivity index (χ1v) is 7.99. The average Bonchev–Trinajstić information content (AvgIpc) is 2.89. The summed E-state index contributed by atoms with van der Waals surface area (Å²) in [4.78, 5) is 25.8. The molecule has 0 aromatic carbocycles. The van der Waals surface area contributed by atoms with Gasteiger partial charge >= 0.3 is 5.97 Å². The minimum Gasteiger partial charge on any atom is -0.481 e. The van der Waals surface area contributed by atoms with E-state index in [1.54, 1.807) is 15.8 Å². The van der Waals surface area contributed by atoms with Crippen LogP contribution in [-0.4, -0.2) is 51.4 Å². The minimum absolute atomic E-state index is 0.0887. The molecule has 2 heterocycles. The zero-order chi connectivity index (χ0) is 16.7. The Bertz CT molecular complexity index is 623. The smallest absolute Gasteiger partial charge is 0.310 e. The molecular formula is C16H23N3O4. The number of aromatic nitrogens is 2. The second-order valence-electron chi connectivity index (χ2n) is 6.91. The van der Waals surface area contributed by atoms with Gasteiger partial charge in [-0.3, -0.25) is 14.3 Å². The molecule has 2 aliphatic rings. The average molecular weight is 321 g/mol. The van der Waals surface area contributed by atoms with E-state index in [1.807, 2.05) is 20.2 Å². The van der Waals surface area contributed by atoms with Gasteiger partial charge in [0.15, 0.2) is 0 Å². The first-order valence-electron chi connectivity index (χ1n) is 7.99. The van der Waals surface area contributed by atoms with Crippen LogP contribution in [0.4, 0.5) is 0 Å². The molecule has 1 aromatic heterocycles. The van der Waals surface area contributed by atoms with E-state index in [2.05, 4.69) is 5.10 Å². The lowest BCUT2D eigenvalue weighted by atomic mass is 9.66. The van der Waals surface area contributed by atoms with Crippen molar-refractivity contribution < 1.29 is 19.4 Å². The molecule has 1 aliphatic heterocycles. The maximum atomic E-state index is 12.6. The summed E-state index contributed by atoms with van der Waals surface area (Å²) >= 11 is 0. The zero-order valence-electron chi connectivity index (χ0n) is 13.6. The number of hydrogen-bond donors (Lipinski definition) is 1. The Morgan fingerprint density at radius 3 is 2.70 bits per heavy atom. The van der Waals surface area contributed by atoms with Crippen LogP contribution in [-0.2, 0) is 27.0 Å². The first kappa shape index (κ1) is 16.0. The first-order chi connectivity index (χ1) is 10.8. The third-order valence-corrected chi connectivity index (χ3v) is 5.20. The molecule has 1 saturated heterocycles. The highest BCUT2D eigenvalue weighted by atomic mass is 16.5. The van der Waals surface area contributed by atoms with Crippen LogP contribution in [0.25, 0.3) is 0 Å². The Labute approximate surface area is 135 Å². The molecule has 1 unspecified atom stereocenters. The highest BCUT2D eigenvalue weighted by molar-refractivity contribution is 5.85. The Morgan fingerprint density at radius 2 is 2.17 bits per heavy atom. The molecule has 0 bridgehead atoms. The topological polar surface area (TPSA) is 84.7 Å². The lowest BCUT2D eigenvalue weighted by Crippen LogP contribution is -2.52. The Morgan fingerprint density at radius 1 is 1.43 bits per heavy atom. The number of carboxylic acids is 1. The number of morpholine rings is 1. The van der Waals surface area contributed by atoms with Gasteiger partial charge in [-0.2, -0.15) is 5.10 Å². The van der Waals surface area contributed by atoms with E-state index >= 15 is 0 Å². The number of carbonyl (C=O) groups excluding carboxylic acids is 1. The van der Waals surface area contributed by atoms with Gasteiger partial charge in [0.25, 0.3) is 0 Å². The van der Waals surface area contributed by atoms with Crippen molar-refractivity contribution >= 4 is 11.9 Å². The van der Waals surface area contributed by atoms with Crippen LogP contribution in [0.3, 0.4) is 0 Å². The molecule has 0 spiro atoms. The van der Waals surface area contributed by atoms with E-state index in [0.29, 0.717) is 32.5 Å². The molecular weight excluding hydrogens is 298 g/mol. The molecule has 126 valence electrons. The molecule has 23 heavy (non-hydrogen) atoms. The lowest BCUT2D eigenvalue weighted by molar-refractivity contribution is -0.164. The molecule has 1 saturated carbocycles. The van der Waals surface area contributed by atoms with Crippen molar-refractivity contribution in [3.8, 4) is 0 Å². The van der Waals surface area contributed by atoms with Crippen molar-refractivity contribution in [3.63, 3.8) is 0 Å². The zero-order valence-corrected chi connectivity index (χ0v) is 13.6. The summed E-state index contributed by atoms with van der Waals surface area (Å²) in [7, 11) is 1.84. The highest BCUT2D eigenvalue weighted by Crippen LogP contribution is 2.45. The number of hydrogen-bond acceptors (Lipinski definition) is 4. The summed E-state index contributed by atoms with van der Waals surface area (Å²) in [6, 6.07) is 0. The number of carboxylic acid groups (broad SMARTS) is 1. The number of aliphatic carboxylic acids is 1. The SMILES string of the molecule is Cn1cc(C2(C)CN(C(=O)CC3(C(=O)O)CCC3)CCO2)cn1. The van der Waals surface area contributed by atoms with Crippen molar-refractivity contribution in [2.75, 3.05) is 19.7 Å². The molecule has 1 amide bonds. The predicted octanol–water partition coefficient (Wildman–Crippen LogP) is 1.14. The predicted molar refractivity (Wildman–Crippen MR) is 81.6 cm³/mol. The van der Waals surface area contributed by atoms with E-state index < -0.39 is 17.0 Å². The van der Waals surface area contributed by atoms with Gasteiger partial charge in [-0.25, -0.2) is 0 Å². The molecule has 0 radical (unpaired) electrons. The normalized spacial score (nSPS) is 26.6. The van der Waals surface area contributed by atoms with Crippen LogP contribution >= 0.6 is 0 Å². The maximum absolute atomic E-state index is 12.6. The summed E-state index contributed by atoms with van der Waals surface area (Å²) in [6.45, 7) is 3.31. The maximum Gasteiger partial charge on any atom is 0.310 e. The molecule has 1 atom stereocenters. The second kappa shape index (κ2) is 5.63. The van der Waals surface area contributed by atoms with Gasteiger partial charge in [0.2, 0.25) is 5.91 Å². The monoisotopic (exact) mass is 321 g/mol. The van der Waals surface area contributed by atoms with Crippen molar-refractivity contribution in [3.05, 3.63) is 18.0 Å². The van der Waals surface area contributed by atoms with Gasteiger partial charge in [0.05, 0.1) is 24.8 Å². The van der Waals surface area contributed by atoms with E-state index in [9.17, 15) is 14.7 Å². The number of aryl methyl sites for hydroxylation is 1. The summed E-state index contributed by atoms with van der Waals surface area (Å²) in [5.74, 6) is -0.939. The van der Waals surface area contributed by atoms with Crippen molar-refractivity contribution in [2.45, 2.75) is 38.2 Å². The van der Waals surface area contributed by atoms with Crippen molar-refractivity contribution in [1.29, 1.82) is 0 Å². The summed E-state index contributed by atoms with van der Waals surface area (Å²) in [5, 5.41) is 13.6. The van der Waals surface area contributed by atoms with Gasteiger partial charge in [-0.05, 0) is 19.8 Å². The van der Waals surface area contributed by atoms with E-state index in [4.69, 9.17) is 4.74 Å². The second-order valence-corrected chi connectivity index (χ2v) is 6.91. The van der Waals surface area contributed by atoms with Crippen molar-refractivity contribution in [2.24, 2.45) is 12.5 Å². The molecule has 3 rings (SSSR count). The number of amides is 1. The third-order valence-electron chi connectivity index (χ3n) is 5.20. The minimum atomic E-state index is -0.847. The van der Waals surface area contributed by atoms with Crippen LogP contribution in [0.2, 0.25) is 0 Å². The van der Waals surface area contributed by atoms with Crippen LogP contribution in [0, 0.1) is 5.41 Å². The largest absolute Gasteiger partial charge is 0.481 e. The van der Waals surface area contributed by atoms with E-state index in [0.717, 1.165) is 12.0 Å². The van der Waals surface area contributed by atoms with Crippen LogP contribution in [0.15, 0.2) is 12.4 Å². The Kier molecular flexibility index (Phi) is 3.91. The van der Waals surface area contributed by atoms with E-state index in [-0.39, 0.29) is 12.3 Å². The van der Waals surface area contributed by atoms with Gasteiger partial charge in [0, 0.05) is 31.8 Å². The summed E-state index contributed by atoms with van der Waals surface area (Å²) < 4.78 is 7.61. The van der Waals surface area contributed by atoms with Crippen molar-refractivity contribution in [1.82, 2.24) is 14.7 Å². The third kappa shape index (κ3) is 2.85. The standard InChI is InChI=1S/C16H23N3O4/c1-15(12-9-17-18(2)10-12)11-19(6-7-23-15)13(20)8-16(14(21)22)4-3-5-16/h9-10H,3-8,11H2,1-2H3,(H,21,22). The van der Waals surface area contributed by atoms with Gasteiger partial charge in [0.1, 0.15) is 5.60 Å². The summed E-state index contributed by atoms with van der Waals surface area (Å²) in [5.41, 5.74) is -0.521. The fourth-order valence-corrected chi connectivity index (χ4v) is 3.42. The highest BCUT2D eigenvalue weighted by Gasteiger charge is 2.47. The summed E-state index contributed by atoms with van der Waals surface area (Å²) in [6.07, 6.45) is 5.80. The van der Waals surface area contributed by atoms with Gasteiger partial charge < -0.3 is 14.7 Å². The Balaban J connectivity index is 1.71. The molecule has 1 aromatic rings. The lowest BCUT2D eigenvalue weighted by Gasteiger charge is -2.43. The molecule has 7 nitrogen and oxygen atoms in total. The number of rotatable bonds is 4. The van der Waals surface area contributed by atoms with Gasteiger partial charge in [-0.1, -0.05) is 6.42 Å². The van der Waals surface area contributed by atoms with Crippen LogP contribution in [0.1, 0.15) is 38.2 Å². The van der Waals surface area contributed by atoms with Gasteiger partial charge in [-0.15, -0.1) is 0 Å². The quantitative estimate of drug-likeness (QED) is 0.899. The fourth-order valence-electron chi connectivity index (χ4n) is 3.42. The van der Waals surface area contributed by atoms with E-state index in [1.165, 1.54) is 0 Å². The van der Waals surface area contributed by atoms with Crippen LogP contribution < -0.4 is 0 Å². The number of carbonyl (C=O) groups is 2. The molecule has 2 fully saturated rings.